The lowest BCUT2D eigenvalue weighted by Gasteiger charge is -2.17. The summed E-state index contributed by atoms with van der Waals surface area (Å²) in [5.41, 5.74) is 2.24. The Bertz CT molecular complexity index is 614. The number of hydrogen-bond donors (Lipinski definition) is 2. The second-order valence-electron chi connectivity index (χ2n) is 5.71. The van der Waals surface area contributed by atoms with Crippen LogP contribution in [0, 0.1) is 11.3 Å². The van der Waals surface area contributed by atoms with Gasteiger partial charge < -0.3 is 20.1 Å². The third-order valence-electron chi connectivity index (χ3n) is 3.84. The largest absolute Gasteiger partial charge is 0.385 e. The van der Waals surface area contributed by atoms with Crippen molar-refractivity contribution >= 4 is 5.91 Å². The quantitative estimate of drug-likeness (QED) is 0.361. The number of carbonyl (C=O) groups is 1. The Hall–Kier alpha value is -2.36. The van der Waals surface area contributed by atoms with Crippen molar-refractivity contribution in [2.45, 2.75) is 46.4 Å². The van der Waals surface area contributed by atoms with Crippen molar-refractivity contribution in [1.29, 1.82) is 5.26 Å². The van der Waals surface area contributed by atoms with Crippen molar-refractivity contribution in [1.82, 2.24) is 10.6 Å². The SMILES string of the molecule is CCOC(CN/C=C(/C#N)C(=O)NC(C)c1ccc(CC)cc1)OCC. The maximum absolute atomic E-state index is 12.3. The average Bonchev–Trinajstić information content (AvgIpc) is 2.65. The molecule has 6 nitrogen and oxygen atoms in total. The Labute approximate surface area is 156 Å². The lowest BCUT2D eigenvalue weighted by atomic mass is 10.0. The molecular formula is C20H29N3O3. The van der Waals surface area contributed by atoms with E-state index in [9.17, 15) is 10.1 Å². The van der Waals surface area contributed by atoms with Crippen LogP contribution in [-0.4, -0.2) is 32.0 Å². The van der Waals surface area contributed by atoms with E-state index in [4.69, 9.17) is 9.47 Å². The highest BCUT2D eigenvalue weighted by molar-refractivity contribution is 5.97. The summed E-state index contributed by atoms with van der Waals surface area (Å²) in [6.07, 6.45) is 1.95. The highest BCUT2D eigenvalue weighted by Crippen LogP contribution is 2.14. The maximum atomic E-state index is 12.3. The molecule has 0 bridgehead atoms. The summed E-state index contributed by atoms with van der Waals surface area (Å²) in [6.45, 7) is 9.15. The van der Waals surface area contributed by atoms with Gasteiger partial charge in [-0.15, -0.1) is 0 Å². The summed E-state index contributed by atoms with van der Waals surface area (Å²) >= 11 is 0. The monoisotopic (exact) mass is 359 g/mol. The summed E-state index contributed by atoms with van der Waals surface area (Å²) < 4.78 is 10.8. The van der Waals surface area contributed by atoms with Crippen molar-refractivity contribution in [2.75, 3.05) is 19.8 Å². The molecule has 0 fully saturated rings. The fourth-order valence-electron chi connectivity index (χ4n) is 2.34. The smallest absolute Gasteiger partial charge is 0.263 e. The first-order chi connectivity index (χ1) is 12.5. The average molecular weight is 359 g/mol. The molecule has 1 amide bonds. The number of amides is 1. The van der Waals surface area contributed by atoms with Gasteiger partial charge in [-0.25, -0.2) is 0 Å². The molecule has 0 aliphatic rings. The van der Waals surface area contributed by atoms with Crippen LogP contribution in [0.5, 0.6) is 0 Å². The Morgan fingerprint density at radius 3 is 2.31 bits per heavy atom. The second-order valence-corrected chi connectivity index (χ2v) is 5.71. The van der Waals surface area contributed by atoms with Gasteiger partial charge in [0.15, 0.2) is 6.29 Å². The zero-order chi connectivity index (χ0) is 19.4. The number of ether oxygens (including phenoxy) is 2. The van der Waals surface area contributed by atoms with E-state index in [1.165, 1.54) is 11.8 Å². The molecule has 0 spiro atoms. The minimum absolute atomic E-state index is 0.00813. The summed E-state index contributed by atoms with van der Waals surface area (Å²) in [5, 5.41) is 15.0. The van der Waals surface area contributed by atoms with Gasteiger partial charge >= 0.3 is 0 Å². The van der Waals surface area contributed by atoms with E-state index in [0.29, 0.717) is 19.8 Å². The van der Waals surface area contributed by atoms with Crippen molar-refractivity contribution in [3.8, 4) is 6.07 Å². The first-order valence-electron chi connectivity index (χ1n) is 9.02. The first kappa shape index (κ1) is 21.7. The van der Waals surface area contributed by atoms with Gasteiger partial charge in [0.05, 0.1) is 12.6 Å². The minimum atomic E-state index is -0.420. The van der Waals surface area contributed by atoms with E-state index in [1.54, 1.807) is 0 Å². The van der Waals surface area contributed by atoms with Gasteiger partial charge in [-0.1, -0.05) is 31.2 Å². The molecule has 0 saturated heterocycles. The molecule has 142 valence electrons. The zero-order valence-corrected chi connectivity index (χ0v) is 16.0. The highest BCUT2D eigenvalue weighted by Gasteiger charge is 2.14. The van der Waals surface area contributed by atoms with E-state index >= 15 is 0 Å². The molecule has 0 saturated carbocycles. The Balaban J connectivity index is 2.62. The van der Waals surface area contributed by atoms with Crippen molar-refractivity contribution in [3.63, 3.8) is 0 Å². The summed E-state index contributed by atoms with van der Waals surface area (Å²) in [7, 11) is 0. The fourth-order valence-corrected chi connectivity index (χ4v) is 2.34. The molecule has 1 unspecified atom stereocenters. The molecule has 26 heavy (non-hydrogen) atoms. The lowest BCUT2D eigenvalue weighted by Crippen LogP contribution is -2.31. The number of nitriles is 1. The predicted molar refractivity (Wildman–Crippen MR) is 101 cm³/mol. The van der Waals surface area contributed by atoms with E-state index in [0.717, 1.165) is 12.0 Å². The van der Waals surface area contributed by atoms with Crippen LogP contribution in [0.15, 0.2) is 36.0 Å². The summed E-state index contributed by atoms with van der Waals surface area (Å²) in [4.78, 5) is 12.3. The van der Waals surface area contributed by atoms with Crippen LogP contribution in [0.4, 0.5) is 0 Å². The molecular weight excluding hydrogens is 330 g/mol. The van der Waals surface area contributed by atoms with Crippen molar-refractivity contribution in [2.24, 2.45) is 0 Å². The molecule has 0 heterocycles. The van der Waals surface area contributed by atoms with Gasteiger partial charge in [-0.2, -0.15) is 5.26 Å². The molecule has 0 aromatic heterocycles. The molecule has 0 aliphatic heterocycles. The number of hydrogen-bond acceptors (Lipinski definition) is 5. The molecule has 1 atom stereocenters. The number of carbonyl (C=O) groups excluding carboxylic acids is 1. The predicted octanol–water partition coefficient (Wildman–Crippen LogP) is 2.82. The standard InChI is InChI=1S/C20H29N3O3/c1-5-16-8-10-17(11-9-16)15(4)23-20(24)18(12-21)13-22-14-19(25-6-2)26-7-3/h8-11,13,15,19,22H,5-7,14H2,1-4H3,(H,23,24)/b18-13-. The Morgan fingerprint density at radius 1 is 1.19 bits per heavy atom. The van der Waals surface area contributed by atoms with Gasteiger partial charge in [0, 0.05) is 19.4 Å². The van der Waals surface area contributed by atoms with Gasteiger partial charge in [-0.05, 0) is 38.3 Å². The third kappa shape index (κ3) is 7.26. The van der Waals surface area contributed by atoms with Crippen molar-refractivity contribution in [3.05, 3.63) is 47.2 Å². The topological polar surface area (TPSA) is 83.4 Å². The molecule has 2 N–H and O–H groups in total. The van der Waals surface area contributed by atoms with Crippen LogP contribution in [-0.2, 0) is 20.7 Å². The summed E-state index contributed by atoms with van der Waals surface area (Å²) in [6, 6.07) is 9.80. The first-order valence-corrected chi connectivity index (χ1v) is 9.02. The number of rotatable bonds is 11. The van der Waals surface area contributed by atoms with E-state index < -0.39 is 12.2 Å². The van der Waals surface area contributed by atoms with Crippen LogP contribution < -0.4 is 10.6 Å². The van der Waals surface area contributed by atoms with Gasteiger partial charge in [0.2, 0.25) is 0 Å². The van der Waals surface area contributed by atoms with Gasteiger partial charge in [-0.3, -0.25) is 4.79 Å². The van der Waals surface area contributed by atoms with Crippen molar-refractivity contribution < 1.29 is 14.3 Å². The van der Waals surface area contributed by atoms with Crippen LogP contribution in [0.1, 0.15) is 44.9 Å². The number of benzene rings is 1. The molecule has 0 radical (unpaired) electrons. The number of aryl methyl sites for hydroxylation is 1. The molecule has 0 aliphatic carbocycles. The van der Waals surface area contributed by atoms with Gasteiger partial charge in [0.25, 0.3) is 5.91 Å². The molecule has 1 rings (SSSR count). The van der Waals surface area contributed by atoms with Crippen LogP contribution in [0.3, 0.4) is 0 Å². The van der Waals surface area contributed by atoms with Gasteiger partial charge in [0.1, 0.15) is 11.6 Å². The van der Waals surface area contributed by atoms with E-state index in [-0.39, 0.29) is 11.6 Å². The molecule has 1 aromatic carbocycles. The van der Waals surface area contributed by atoms with E-state index in [2.05, 4.69) is 17.6 Å². The highest BCUT2D eigenvalue weighted by atomic mass is 16.7. The van der Waals surface area contributed by atoms with Crippen LogP contribution in [0.25, 0.3) is 0 Å². The number of nitrogens with zero attached hydrogens (tertiary/aromatic N) is 1. The van der Waals surface area contributed by atoms with Crippen LogP contribution in [0.2, 0.25) is 0 Å². The summed E-state index contributed by atoms with van der Waals surface area (Å²) in [5.74, 6) is -0.420. The fraction of sp³-hybridized carbons (Fsp3) is 0.500. The maximum Gasteiger partial charge on any atom is 0.263 e. The zero-order valence-electron chi connectivity index (χ0n) is 16.0. The van der Waals surface area contributed by atoms with E-state index in [1.807, 2.05) is 51.1 Å². The third-order valence-corrected chi connectivity index (χ3v) is 3.84. The molecule has 6 heteroatoms. The second kappa shape index (κ2) is 12.1. The van der Waals surface area contributed by atoms with Crippen LogP contribution >= 0.6 is 0 Å². The Kier molecular flexibility index (Phi) is 10.1. The number of nitrogens with one attached hydrogen (secondary N) is 2. The lowest BCUT2D eigenvalue weighted by molar-refractivity contribution is -0.131. The molecule has 1 aromatic rings. The Morgan fingerprint density at radius 2 is 1.81 bits per heavy atom. The minimum Gasteiger partial charge on any atom is -0.385 e. The normalized spacial score (nSPS) is 12.5.